The van der Waals surface area contributed by atoms with Crippen LogP contribution >= 0.6 is 0 Å². The first-order valence-electron chi connectivity index (χ1n) is 3.98. The summed E-state index contributed by atoms with van der Waals surface area (Å²) in [7, 11) is 0. The first kappa shape index (κ1) is 8.03. The maximum atomic E-state index is 5.35. The van der Waals surface area contributed by atoms with E-state index in [2.05, 4.69) is 15.3 Å². The van der Waals surface area contributed by atoms with Gasteiger partial charge < -0.3 is 10.3 Å². The Morgan fingerprint density at radius 3 is 2.77 bits per heavy atom. The van der Waals surface area contributed by atoms with Crippen LogP contribution in [0.4, 0.5) is 5.95 Å². The highest BCUT2D eigenvalue weighted by Crippen LogP contribution is 2.12. The van der Waals surface area contributed by atoms with Gasteiger partial charge in [-0.2, -0.15) is 0 Å². The van der Waals surface area contributed by atoms with Crippen LogP contribution in [-0.2, 0) is 0 Å². The Hall–Kier alpha value is -1.59. The summed E-state index contributed by atoms with van der Waals surface area (Å²) >= 11 is 0. The summed E-state index contributed by atoms with van der Waals surface area (Å²) in [5, 5.41) is 2.78. The summed E-state index contributed by atoms with van der Waals surface area (Å²) in [4.78, 5) is 7.27. The molecule has 0 saturated heterocycles. The fourth-order valence-electron chi connectivity index (χ4n) is 1.18. The first-order chi connectivity index (χ1) is 6.25. The molecule has 0 spiro atoms. The molecule has 13 heavy (non-hydrogen) atoms. The number of hydrogen-bond acceptors (Lipinski definition) is 4. The fraction of sp³-hybridized carbons (Fsp3) is 0.125. The van der Waals surface area contributed by atoms with E-state index in [1.54, 1.807) is 0 Å². The van der Waals surface area contributed by atoms with Gasteiger partial charge in [0.25, 0.3) is 0 Å². The fourth-order valence-corrected chi connectivity index (χ4v) is 1.18. The van der Waals surface area contributed by atoms with Gasteiger partial charge in [-0.3, -0.25) is 11.5 Å². The van der Waals surface area contributed by atoms with Gasteiger partial charge in [-0.1, -0.05) is 12.1 Å². The second kappa shape index (κ2) is 3.04. The smallest absolute Gasteiger partial charge is 0.203 e. The van der Waals surface area contributed by atoms with Crippen molar-refractivity contribution in [3.63, 3.8) is 0 Å². The van der Waals surface area contributed by atoms with Gasteiger partial charge in [0.1, 0.15) is 6.29 Å². The number of aromatic nitrogens is 2. The van der Waals surface area contributed by atoms with Crippen LogP contribution in [0.5, 0.6) is 0 Å². The van der Waals surface area contributed by atoms with E-state index in [0.29, 0.717) is 5.95 Å². The summed E-state index contributed by atoms with van der Waals surface area (Å²) in [6, 6.07) is 7.72. The summed E-state index contributed by atoms with van der Waals surface area (Å²) < 4.78 is 0. The van der Waals surface area contributed by atoms with E-state index in [-0.39, 0.29) is 0 Å². The molecule has 5 heteroatoms. The van der Waals surface area contributed by atoms with Crippen molar-refractivity contribution < 1.29 is 0 Å². The highest BCUT2D eigenvalue weighted by molar-refractivity contribution is 5.77. The number of benzene rings is 1. The molecule has 1 aromatic carbocycles. The molecule has 0 bridgehead atoms. The van der Waals surface area contributed by atoms with E-state index in [0.717, 1.165) is 11.0 Å². The third-order valence-electron chi connectivity index (χ3n) is 1.69. The third-order valence-corrected chi connectivity index (χ3v) is 1.69. The Kier molecular flexibility index (Phi) is 1.88. The molecule has 0 radical (unpaired) electrons. The van der Waals surface area contributed by atoms with E-state index < -0.39 is 6.29 Å². The number of rotatable bonds is 2. The maximum absolute atomic E-state index is 5.35. The van der Waals surface area contributed by atoms with Crippen LogP contribution in [-0.4, -0.2) is 16.3 Å². The molecular weight excluding hydrogens is 166 g/mol. The van der Waals surface area contributed by atoms with Gasteiger partial charge in [0.05, 0.1) is 11.0 Å². The van der Waals surface area contributed by atoms with Crippen LogP contribution in [0.3, 0.4) is 0 Å². The largest absolute Gasteiger partial charge is 0.328 e. The molecular formula is C8H11N5. The normalized spacial score (nSPS) is 11.0. The van der Waals surface area contributed by atoms with Gasteiger partial charge in [-0.15, -0.1) is 0 Å². The molecule has 1 heterocycles. The monoisotopic (exact) mass is 177 g/mol. The average Bonchev–Trinajstić information content (AvgIpc) is 2.44. The van der Waals surface area contributed by atoms with Crippen molar-refractivity contribution in [3.8, 4) is 0 Å². The predicted octanol–water partition coefficient (Wildman–Crippen LogP) is 0.176. The Morgan fingerprint density at radius 2 is 2.08 bits per heavy atom. The molecule has 5 nitrogen and oxygen atoms in total. The number of H-pyrrole nitrogens is 1. The van der Waals surface area contributed by atoms with Gasteiger partial charge in [-0.05, 0) is 12.1 Å². The lowest BCUT2D eigenvalue weighted by molar-refractivity contribution is 0.797. The SMILES string of the molecule is NC(N)Nc1nc2ccccc2[nH]1. The Balaban J connectivity index is 2.38. The lowest BCUT2D eigenvalue weighted by Crippen LogP contribution is -2.38. The van der Waals surface area contributed by atoms with Crippen molar-refractivity contribution in [1.82, 2.24) is 9.97 Å². The zero-order valence-electron chi connectivity index (χ0n) is 6.99. The molecule has 0 fully saturated rings. The minimum Gasteiger partial charge on any atom is -0.328 e. The van der Waals surface area contributed by atoms with E-state index in [1.807, 2.05) is 24.3 Å². The number of nitrogens with zero attached hydrogens (tertiary/aromatic N) is 1. The maximum Gasteiger partial charge on any atom is 0.203 e. The molecule has 2 rings (SSSR count). The standard InChI is InChI=1S/C8H11N5/c9-7(10)13-8-11-5-3-1-2-4-6(5)12-8/h1-4,7H,9-10H2,(H2,11,12,13). The minimum absolute atomic E-state index is 0.594. The molecule has 0 atom stereocenters. The van der Waals surface area contributed by atoms with E-state index in [9.17, 15) is 0 Å². The van der Waals surface area contributed by atoms with E-state index in [1.165, 1.54) is 0 Å². The topological polar surface area (TPSA) is 92.8 Å². The molecule has 0 saturated carbocycles. The zero-order valence-corrected chi connectivity index (χ0v) is 6.99. The highest BCUT2D eigenvalue weighted by atomic mass is 15.2. The highest BCUT2D eigenvalue weighted by Gasteiger charge is 2.01. The van der Waals surface area contributed by atoms with Crippen LogP contribution in [0.1, 0.15) is 0 Å². The van der Waals surface area contributed by atoms with Crippen molar-refractivity contribution in [2.24, 2.45) is 11.5 Å². The van der Waals surface area contributed by atoms with Crippen LogP contribution in [0.25, 0.3) is 11.0 Å². The molecule has 0 aliphatic heterocycles. The second-order valence-electron chi connectivity index (χ2n) is 2.77. The average molecular weight is 177 g/mol. The lowest BCUT2D eigenvalue weighted by atomic mass is 10.3. The van der Waals surface area contributed by atoms with Crippen molar-refractivity contribution in [2.75, 3.05) is 5.32 Å². The van der Waals surface area contributed by atoms with Crippen LogP contribution < -0.4 is 16.8 Å². The number of nitrogens with two attached hydrogens (primary N) is 2. The summed E-state index contributed by atoms with van der Waals surface area (Å²) in [6.45, 7) is 0. The van der Waals surface area contributed by atoms with Crippen molar-refractivity contribution in [1.29, 1.82) is 0 Å². The summed E-state index contributed by atoms with van der Waals surface area (Å²) in [5.74, 6) is 0.594. The van der Waals surface area contributed by atoms with E-state index >= 15 is 0 Å². The Morgan fingerprint density at radius 1 is 1.31 bits per heavy atom. The van der Waals surface area contributed by atoms with Crippen molar-refractivity contribution in [3.05, 3.63) is 24.3 Å². The Bertz CT molecular complexity index is 373. The van der Waals surface area contributed by atoms with Gasteiger partial charge in [0.15, 0.2) is 0 Å². The third kappa shape index (κ3) is 1.61. The number of nitrogens with one attached hydrogen (secondary N) is 2. The van der Waals surface area contributed by atoms with Crippen molar-refractivity contribution in [2.45, 2.75) is 6.29 Å². The summed E-state index contributed by atoms with van der Waals surface area (Å²) in [6.07, 6.45) is -0.597. The van der Waals surface area contributed by atoms with Crippen LogP contribution in [0.2, 0.25) is 0 Å². The number of imidazole rings is 1. The Labute approximate surface area is 75.1 Å². The molecule has 0 unspecified atom stereocenters. The first-order valence-corrected chi connectivity index (χ1v) is 3.98. The zero-order chi connectivity index (χ0) is 9.26. The minimum atomic E-state index is -0.597. The van der Waals surface area contributed by atoms with Gasteiger partial charge >= 0.3 is 0 Å². The van der Waals surface area contributed by atoms with E-state index in [4.69, 9.17) is 11.5 Å². The molecule has 2 aromatic rings. The number of aromatic amines is 1. The molecule has 0 aliphatic rings. The van der Waals surface area contributed by atoms with Crippen LogP contribution in [0, 0.1) is 0 Å². The number of para-hydroxylation sites is 2. The molecule has 0 amide bonds. The van der Waals surface area contributed by atoms with Gasteiger partial charge in [0.2, 0.25) is 5.95 Å². The molecule has 0 aliphatic carbocycles. The predicted molar refractivity (Wildman–Crippen MR) is 51.9 cm³/mol. The number of anilines is 1. The number of hydrogen-bond donors (Lipinski definition) is 4. The lowest BCUT2D eigenvalue weighted by Gasteiger charge is -2.04. The number of fused-ring (bicyclic) bond motifs is 1. The summed E-state index contributed by atoms with van der Waals surface area (Å²) in [5.41, 5.74) is 12.6. The molecule has 6 N–H and O–H groups in total. The molecule has 68 valence electrons. The van der Waals surface area contributed by atoms with Gasteiger partial charge in [-0.25, -0.2) is 4.98 Å². The quantitative estimate of drug-likeness (QED) is 0.492. The second-order valence-corrected chi connectivity index (χ2v) is 2.77. The van der Waals surface area contributed by atoms with Crippen LogP contribution in [0.15, 0.2) is 24.3 Å². The van der Waals surface area contributed by atoms with Crippen molar-refractivity contribution >= 4 is 17.0 Å². The molecule has 1 aromatic heterocycles. The van der Waals surface area contributed by atoms with Gasteiger partial charge in [0, 0.05) is 0 Å².